The van der Waals surface area contributed by atoms with E-state index in [0.717, 1.165) is 29.5 Å². The monoisotopic (exact) mass is 418 g/mol. The zero-order chi connectivity index (χ0) is 20.3. The average Bonchev–Trinajstić information content (AvgIpc) is 3.19. The fourth-order valence-electron chi connectivity index (χ4n) is 2.66. The second-order valence-corrected chi connectivity index (χ2v) is 14.1. The molecule has 150 valence electrons. The first-order chi connectivity index (χ1) is 13.2. The number of nitrogens with zero attached hydrogens (tertiary/aromatic N) is 5. The minimum Gasteiger partial charge on any atom is -0.360 e. The van der Waals surface area contributed by atoms with Crippen molar-refractivity contribution in [1.29, 1.82) is 0 Å². The number of hydrogen-bond acceptors (Lipinski definition) is 5. The number of hydrogen-bond donors (Lipinski definition) is 1. The van der Waals surface area contributed by atoms with Crippen molar-refractivity contribution in [1.82, 2.24) is 24.5 Å². The van der Waals surface area contributed by atoms with Gasteiger partial charge in [-0.15, -0.1) is 0 Å². The van der Waals surface area contributed by atoms with E-state index in [4.69, 9.17) is 16.3 Å². The van der Waals surface area contributed by atoms with E-state index < -0.39 is 8.07 Å². The van der Waals surface area contributed by atoms with E-state index in [2.05, 4.69) is 40.1 Å². The second kappa shape index (κ2) is 8.46. The molecule has 1 aromatic carbocycles. The lowest BCUT2D eigenvalue weighted by Gasteiger charge is -2.15. The first-order valence-corrected chi connectivity index (χ1v) is 13.3. The molecule has 0 aliphatic carbocycles. The first kappa shape index (κ1) is 20.6. The summed E-state index contributed by atoms with van der Waals surface area (Å²) >= 11 is 6.47. The van der Waals surface area contributed by atoms with Gasteiger partial charge in [0.25, 0.3) is 0 Å². The standard InChI is InChI=1S/C19H27ClN6OSi/c1-14-22-19(25(2)24-14)23-18-7-6-15(10-17(18)20)16-11-21-26(12-16)13-27-8-9-28(3,4)5/h6-7,10-12H,8-9,13H2,1-5H3,(H,22,23,24). The summed E-state index contributed by atoms with van der Waals surface area (Å²) in [5, 5.41) is 12.4. The lowest BCUT2D eigenvalue weighted by atomic mass is 10.1. The van der Waals surface area contributed by atoms with E-state index >= 15 is 0 Å². The normalized spacial score (nSPS) is 11.8. The van der Waals surface area contributed by atoms with Crippen molar-refractivity contribution in [2.24, 2.45) is 7.05 Å². The number of aryl methyl sites for hydroxylation is 2. The molecule has 1 N–H and O–H groups in total. The molecule has 0 atom stereocenters. The molecule has 3 aromatic rings. The fraction of sp³-hybridized carbons (Fsp3) is 0.421. The molecule has 0 saturated heterocycles. The summed E-state index contributed by atoms with van der Waals surface area (Å²) in [6, 6.07) is 7.01. The van der Waals surface area contributed by atoms with Crippen LogP contribution in [0, 0.1) is 6.92 Å². The maximum atomic E-state index is 6.47. The quantitative estimate of drug-likeness (QED) is 0.424. The smallest absolute Gasteiger partial charge is 0.225 e. The number of ether oxygens (including phenoxy) is 1. The van der Waals surface area contributed by atoms with Crippen molar-refractivity contribution < 1.29 is 4.74 Å². The van der Waals surface area contributed by atoms with Gasteiger partial charge in [-0.3, -0.25) is 0 Å². The Hall–Kier alpha value is -2.16. The molecule has 0 saturated carbocycles. The maximum absolute atomic E-state index is 6.47. The molecule has 3 rings (SSSR count). The van der Waals surface area contributed by atoms with Crippen molar-refractivity contribution >= 4 is 31.3 Å². The predicted octanol–water partition coefficient (Wildman–Crippen LogP) is 4.70. The molecule has 0 bridgehead atoms. The van der Waals surface area contributed by atoms with Gasteiger partial charge in [0.1, 0.15) is 12.6 Å². The predicted molar refractivity (Wildman–Crippen MR) is 116 cm³/mol. The molecule has 0 amide bonds. The van der Waals surface area contributed by atoms with E-state index in [0.29, 0.717) is 23.5 Å². The van der Waals surface area contributed by atoms with Crippen LogP contribution in [0.1, 0.15) is 5.82 Å². The molecule has 2 heterocycles. The Balaban J connectivity index is 1.64. The van der Waals surface area contributed by atoms with Crippen LogP contribution in [-0.4, -0.2) is 39.2 Å². The number of anilines is 2. The van der Waals surface area contributed by atoms with Crippen molar-refractivity contribution in [3.63, 3.8) is 0 Å². The van der Waals surface area contributed by atoms with Crippen molar-refractivity contribution in [2.75, 3.05) is 11.9 Å². The van der Waals surface area contributed by atoms with Gasteiger partial charge in [-0.1, -0.05) is 37.3 Å². The van der Waals surface area contributed by atoms with E-state index in [1.165, 1.54) is 0 Å². The van der Waals surface area contributed by atoms with E-state index in [1.807, 2.05) is 49.2 Å². The molecular weight excluding hydrogens is 392 g/mol. The van der Waals surface area contributed by atoms with Gasteiger partial charge in [0, 0.05) is 33.5 Å². The van der Waals surface area contributed by atoms with Crippen LogP contribution in [0.15, 0.2) is 30.6 Å². The molecule has 0 unspecified atom stereocenters. The Kier molecular flexibility index (Phi) is 6.22. The highest BCUT2D eigenvalue weighted by molar-refractivity contribution is 6.76. The van der Waals surface area contributed by atoms with Crippen LogP contribution in [0.2, 0.25) is 30.7 Å². The van der Waals surface area contributed by atoms with Crippen LogP contribution in [-0.2, 0) is 18.5 Å². The summed E-state index contributed by atoms with van der Waals surface area (Å²) < 4.78 is 9.25. The third-order valence-electron chi connectivity index (χ3n) is 4.27. The third kappa shape index (κ3) is 5.43. The van der Waals surface area contributed by atoms with Gasteiger partial charge >= 0.3 is 0 Å². The van der Waals surface area contributed by atoms with Crippen molar-refractivity contribution in [3.8, 4) is 11.1 Å². The number of halogens is 1. The summed E-state index contributed by atoms with van der Waals surface area (Å²) in [7, 11) is 0.768. The van der Waals surface area contributed by atoms with Gasteiger partial charge in [0.05, 0.1) is 16.9 Å². The SMILES string of the molecule is Cc1nc(Nc2ccc(-c3cnn(COCC[Si](C)(C)C)c3)cc2Cl)n(C)n1. The molecule has 7 nitrogen and oxygen atoms in total. The van der Waals surface area contributed by atoms with Gasteiger partial charge < -0.3 is 10.1 Å². The maximum Gasteiger partial charge on any atom is 0.225 e. The highest BCUT2D eigenvalue weighted by Crippen LogP contribution is 2.30. The summed E-state index contributed by atoms with van der Waals surface area (Å²) in [6.45, 7) is 10.1. The summed E-state index contributed by atoms with van der Waals surface area (Å²) in [6.07, 6.45) is 3.80. The number of nitrogens with one attached hydrogen (secondary N) is 1. The van der Waals surface area contributed by atoms with Crippen LogP contribution in [0.3, 0.4) is 0 Å². The molecular formula is C19H27ClN6OSi. The largest absolute Gasteiger partial charge is 0.360 e. The Morgan fingerprint density at radius 3 is 2.64 bits per heavy atom. The lowest BCUT2D eigenvalue weighted by Crippen LogP contribution is -2.22. The summed E-state index contributed by atoms with van der Waals surface area (Å²) in [5.74, 6) is 1.35. The Labute approximate surface area is 171 Å². The fourth-order valence-corrected chi connectivity index (χ4v) is 3.64. The van der Waals surface area contributed by atoms with Crippen molar-refractivity contribution in [2.45, 2.75) is 39.3 Å². The van der Waals surface area contributed by atoms with Gasteiger partial charge in [0.15, 0.2) is 0 Å². The van der Waals surface area contributed by atoms with Gasteiger partial charge in [-0.2, -0.15) is 15.2 Å². The molecule has 0 fully saturated rings. The molecule has 9 heteroatoms. The first-order valence-electron chi connectivity index (χ1n) is 9.26. The minimum absolute atomic E-state index is 0.462. The van der Waals surface area contributed by atoms with E-state index in [1.54, 1.807) is 4.68 Å². The molecule has 28 heavy (non-hydrogen) atoms. The number of rotatable bonds is 8. The lowest BCUT2D eigenvalue weighted by molar-refractivity contribution is 0.0786. The minimum atomic E-state index is -1.07. The van der Waals surface area contributed by atoms with Crippen LogP contribution >= 0.6 is 11.6 Å². The molecule has 0 radical (unpaired) electrons. The topological polar surface area (TPSA) is 69.8 Å². The van der Waals surface area contributed by atoms with Crippen LogP contribution in [0.4, 0.5) is 11.6 Å². The van der Waals surface area contributed by atoms with Crippen LogP contribution in [0.25, 0.3) is 11.1 Å². The van der Waals surface area contributed by atoms with Crippen LogP contribution < -0.4 is 5.32 Å². The molecule has 0 aliphatic rings. The highest BCUT2D eigenvalue weighted by atomic mass is 35.5. The average molecular weight is 419 g/mol. The summed E-state index contributed by atoms with van der Waals surface area (Å²) in [5.41, 5.74) is 2.78. The zero-order valence-electron chi connectivity index (χ0n) is 17.0. The molecule has 0 aliphatic heterocycles. The number of benzene rings is 1. The Bertz CT molecular complexity index is 946. The number of aromatic nitrogens is 5. The Morgan fingerprint density at radius 1 is 1.21 bits per heavy atom. The van der Waals surface area contributed by atoms with Crippen molar-refractivity contribution in [3.05, 3.63) is 41.4 Å². The third-order valence-corrected chi connectivity index (χ3v) is 6.29. The Morgan fingerprint density at radius 2 is 2.00 bits per heavy atom. The molecule has 0 spiro atoms. The zero-order valence-corrected chi connectivity index (χ0v) is 18.8. The molecule has 2 aromatic heterocycles. The van der Waals surface area contributed by atoms with E-state index in [9.17, 15) is 0 Å². The van der Waals surface area contributed by atoms with Gasteiger partial charge in [-0.25, -0.2) is 9.36 Å². The van der Waals surface area contributed by atoms with Gasteiger partial charge in [0.2, 0.25) is 5.95 Å². The second-order valence-electron chi connectivity index (χ2n) is 8.04. The highest BCUT2D eigenvalue weighted by Gasteiger charge is 2.12. The van der Waals surface area contributed by atoms with Gasteiger partial charge in [-0.05, 0) is 30.7 Å². The van der Waals surface area contributed by atoms with E-state index in [-0.39, 0.29) is 0 Å². The summed E-state index contributed by atoms with van der Waals surface area (Å²) in [4.78, 5) is 4.34. The van der Waals surface area contributed by atoms with Crippen LogP contribution in [0.5, 0.6) is 0 Å².